The second kappa shape index (κ2) is 6.99. The van der Waals surface area contributed by atoms with Gasteiger partial charge in [-0.15, -0.1) is 11.3 Å². The van der Waals surface area contributed by atoms with E-state index in [2.05, 4.69) is 4.99 Å². The van der Waals surface area contributed by atoms with Gasteiger partial charge in [-0.3, -0.25) is 4.79 Å². The molecule has 0 saturated heterocycles. The van der Waals surface area contributed by atoms with Gasteiger partial charge in [0.15, 0.2) is 4.80 Å². The van der Waals surface area contributed by atoms with Crippen LogP contribution < -0.4 is 14.3 Å². The van der Waals surface area contributed by atoms with Gasteiger partial charge in [0.1, 0.15) is 26.6 Å². The highest BCUT2D eigenvalue weighted by atomic mass is 35.5. The number of aromatic nitrogens is 1. The Kier molecular flexibility index (Phi) is 4.67. The molecule has 0 aliphatic rings. The molecule has 0 spiro atoms. The molecule has 27 heavy (non-hydrogen) atoms. The maximum atomic E-state index is 12.8. The number of benzene rings is 2. The molecular formula is C19H15ClN2O3S2. The summed E-state index contributed by atoms with van der Waals surface area (Å²) in [6.45, 7) is 0. The minimum atomic E-state index is -0.360. The standard InChI is InChI=1S/C19H15ClN2O3S2/c1-22-15-11(24-2)8-9-12(25-3)16(15)27-19(22)21-18(23)17-14(20)10-6-4-5-7-13(10)26-17/h4-9H,1-3H3. The Hall–Kier alpha value is -2.35. The maximum absolute atomic E-state index is 12.8. The third kappa shape index (κ3) is 2.92. The van der Waals surface area contributed by atoms with Gasteiger partial charge >= 0.3 is 0 Å². The van der Waals surface area contributed by atoms with E-state index in [1.54, 1.807) is 14.2 Å². The Bertz CT molecular complexity index is 1250. The molecule has 138 valence electrons. The first-order valence-corrected chi connectivity index (χ1v) is 10.0. The number of thiophene rings is 1. The zero-order valence-corrected chi connectivity index (χ0v) is 17.2. The molecule has 0 saturated carbocycles. The van der Waals surface area contributed by atoms with E-state index in [4.69, 9.17) is 21.1 Å². The van der Waals surface area contributed by atoms with Gasteiger partial charge in [-0.05, 0) is 18.2 Å². The second-order valence-corrected chi connectivity index (χ2v) is 8.16. The van der Waals surface area contributed by atoms with E-state index < -0.39 is 0 Å². The smallest absolute Gasteiger partial charge is 0.291 e. The SMILES string of the molecule is COc1ccc(OC)c2c1sc(=NC(=O)c1sc3ccccc3c1Cl)n2C. The summed E-state index contributed by atoms with van der Waals surface area (Å²) in [7, 11) is 5.07. The average molecular weight is 419 g/mol. The van der Waals surface area contributed by atoms with Crippen molar-refractivity contribution >= 4 is 60.5 Å². The van der Waals surface area contributed by atoms with Crippen LogP contribution in [0.5, 0.6) is 11.5 Å². The molecule has 0 aliphatic carbocycles. The highest BCUT2D eigenvalue weighted by molar-refractivity contribution is 7.21. The van der Waals surface area contributed by atoms with E-state index in [1.807, 2.05) is 48.0 Å². The number of ether oxygens (including phenoxy) is 2. The molecule has 0 fully saturated rings. The fraction of sp³-hybridized carbons (Fsp3) is 0.158. The summed E-state index contributed by atoms with van der Waals surface area (Å²) in [4.78, 5) is 18.1. The van der Waals surface area contributed by atoms with Crippen LogP contribution in [0.4, 0.5) is 0 Å². The van der Waals surface area contributed by atoms with Gasteiger partial charge in [0.05, 0.1) is 19.2 Å². The summed E-state index contributed by atoms with van der Waals surface area (Å²) in [5.74, 6) is 1.04. The Labute approximate surface area is 168 Å². The van der Waals surface area contributed by atoms with E-state index in [9.17, 15) is 4.79 Å². The third-order valence-electron chi connectivity index (χ3n) is 4.24. The number of halogens is 1. The molecule has 4 rings (SSSR count). The van der Waals surface area contributed by atoms with E-state index in [0.717, 1.165) is 20.3 Å². The number of methoxy groups -OCH3 is 2. The van der Waals surface area contributed by atoms with Crippen LogP contribution in [0.25, 0.3) is 20.3 Å². The van der Waals surface area contributed by atoms with E-state index >= 15 is 0 Å². The van der Waals surface area contributed by atoms with Crippen molar-refractivity contribution in [1.82, 2.24) is 4.57 Å². The number of hydrogen-bond donors (Lipinski definition) is 0. The molecule has 0 aliphatic heterocycles. The number of carbonyl (C=O) groups excluding carboxylic acids is 1. The van der Waals surface area contributed by atoms with Gasteiger partial charge in [0, 0.05) is 17.1 Å². The Morgan fingerprint density at radius 3 is 2.48 bits per heavy atom. The van der Waals surface area contributed by atoms with Crippen LogP contribution in [-0.4, -0.2) is 24.7 Å². The molecule has 2 aromatic heterocycles. The zero-order valence-electron chi connectivity index (χ0n) is 14.8. The summed E-state index contributed by atoms with van der Waals surface area (Å²) in [5, 5.41) is 1.31. The van der Waals surface area contributed by atoms with Crippen molar-refractivity contribution in [2.24, 2.45) is 12.0 Å². The van der Waals surface area contributed by atoms with Gasteiger partial charge < -0.3 is 14.0 Å². The van der Waals surface area contributed by atoms with E-state index in [-0.39, 0.29) is 5.91 Å². The fourth-order valence-electron chi connectivity index (χ4n) is 2.92. The van der Waals surface area contributed by atoms with Gasteiger partial charge in [-0.2, -0.15) is 4.99 Å². The molecule has 0 atom stereocenters. The summed E-state index contributed by atoms with van der Waals surface area (Å²) < 4.78 is 14.6. The van der Waals surface area contributed by atoms with Crippen molar-refractivity contribution in [1.29, 1.82) is 0 Å². The average Bonchev–Trinajstić information content (AvgIpc) is 3.19. The van der Waals surface area contributed by atoms with Crippen LogP contribution in [0.3, 0.4) is 0 Å². The largest absolute Gasteiger partial charge is 0.495 e. The number of amides is 1. The summed E-state index contributed by atoms with van der Waals surface area (Å²) in [5.41, 5.74) is 0.829. The highest BCUT2D eigenvalue weighted by Gasteiger charge is 2.18. The lowest BCUT2D eigenvalue weighted by atomic mass is 10.2. The van der Waals surface area contributed by atoms with Gasteiger partial charge in [-0.1, -0.05) is 41.1 Å². The predicted octanol–water partition coefficient (Wildman–Crippen LogP) is 4.87. The van der Waals surface area contributed by atoms with Crippen LogP contribution in [0.15, 0.2) is 41.4 Å². The number of aryl methyl sites for hydroxylation is 1. The monoisotopic (exact) mass is 418 g/mol. The Morgan fingerprint density at radius 1 is 1.07 bits per heavy atom. The second-order valence-electron chi connectivity index (χ2n) is 5.75. The topological polar surface area (TPSA) is 52.8 Å². The minimum Gasteiger partial charge on any atom is -0.495 e. The molecule has 0 unspecified atom stereocenters. The van der Waals surface area contributed by atoms with Gasteiger partial charge in [-0.25, -0.2) is 0 Å². The van der Waals surface area contributed by atoms with Crippen molar-refractivity contribution in [2.45, 2.75) is 0 Å². The highest BCUT2D eigenvalue weighted by Crippen LogP contribution is 2.36. The van der Waals surface area contributed by atoms with Crippen molar-refractivity contribution in [2.75, 3.05) is 14.2 Å². The molecule has 2 aromatic carbocycles. The number of carbonyl (C=O) groups is 1. The van der Waals surface area contributed by atoms with Gasteiger partial charge in [0.25, 0.3) is 5.91 Å². The maximum Gasteiger partial charge on any atom is 0.291 e. The van der Waals surface area contributed by atoms with Crippen LogP contribution in [0.1, 0.15) is 9.67 Å². The molecular weight excluding hydrogens is 404 g/mol. The molecule has 2 heterocycles. The lowest BCUT2D eigenvalue weighted by molar-refractivity contribution is 0.100. The molecule has 0 N–H and O–H groups in total. The number of fused-ring (bicyclic) bond motifs is 2. The van der Waals surface area contributed by atoms with E-state index in [1.165, 1.54) is 22.7 Å². The summed E-state index contributed by atoms with van der Waals surface area (Å²) in [6.07, 6.45) is 0. The van der Waals surface area contributed by atoms with Crippen LogP contribution in [0, 0.1) is 0 Å². The zero-order chi connectivity index (χ0) is 19.1. The minimum absolute atomic E-state index is 0.360. The first kappa shape index (κ1) is 18.0. The third-order valence-corrected chi connectivity index (χ3v) is 7.05. The van der Waals surface area contributed by atoms with Crippen molar-refractivity contribution in [3.63, 3.8) is 0 Å². The fourth-order valence-corrected chi connectivity index (χ4v) is 5.44. The molecule has 4 aromatic rings. The molecule has 5 nitrogen and oxygen atoms in total. The first-order chi connectivity index (χ1) is 13.0. The first-order valence-electron chi connectivity index (χ1n) is 8.01. The van der Waals surface area contributed by atoms with E-state index in [0.29, 0.717) is 26.2 Å². The molecule has 1 amide bonds. The number of rotatable bonds is 3. The van der Waals surface area contributed by atoms with Crippen molar-refractivity contribution in [3.8, 4) is 11.5 Å². The number of nitrogens with zero attached hydrogens (tertiary/aromatic N) is 2. The van der Waals surface area contributed by atoms with Crippen LogP contribution >= 0.6 is 34.3 Å². The predicted molar refractivity (Wildman–Crippen MR) is 111 cm³/mol. The summed E-state index contributed by atoms with van der Waals surface area (Å²) in [6, 6.07) is 11.3. The summed E-state index contributed by atoms with van der Waals surface area (Å²) >= 11 is 9.14. The molecule has 0 radical (unpaired) electrons. The quantitative estimate of drug-likeness (QED) is 0.477. The lowest BCUT2D eigenvalue weighted by Crippen LogP contribution is -2.13. The van der Waals surface area contributed by atoms with Crippen molar-refractivity contribution in [3.05, 3.63) is 51.1 Å². The lowest BCUT2D eigenvalue weighted by Gasteiger charge is -2.06. The van der Waals surface area contributed by atoms with Crippen LogP contribution in [0.2, 0.25) is 5.02 Å². The number of hydrogen-bond acceptors (Lipinski definition) is 5. The Morgan fingerprint density at radius 2 is 1.78 bits per heavy atom. The van der Waals surface area contributed by atoms with Crippen molar-refractivity contribution < 1.29 is 14.3 Å². The normalized spacial score (nSPS) is 12.1. The number of thiazole rings is 1. The van der Waals surface area contributed by atoms with Crippen LogP contribution in [-0.2, 0) is 7.05 Å². The molecule has 0 bridgehead atoms. The van der Waals surface area contributed by atoms with Gasteiger partial charge in [0.2, 0.25) is 0 Å². The Balaban J connectivity index is 1.90. The molecule has 8 heteroatoms.